The molecule has 11 heteroatoms. The normalized spacial score (nSPS) is 14.9. The highest BCUT2D eigenvalue weighted by molar-refractivity contribution is 7.55. The second-order valence-corrected chi connectivity index (χ2v) is 9.46. The molecule has 0 saturated heterocycles. The van der Waals surface area contributed by atoms with Crippen LogP contribution in [0.15, 0.2) is 0 Å². The van der Waals surface area contributed by atoms with Crippen LogP contribution in [0.4, 0.5) is 4.79 Å². The van der Waals surface area contributed by atoms with E-state index in [2.05, 4.69) is 10.6 Å². The highest BCUT2D eigenvalue weighted by atomic mass is 31.2. The fourth-order valence-electron chi connectivity index (χ4n) is 1.82. The summed E-state index contributed by atoms with van der Waals surface area (Å²) in [5.41, 5.74) is 0. The highest BCUT2D eigenvalue weighted by Gasteiger charge is 2.36. The second kappa shape index (κ2) is 11.2. The Morgan fingerprint density at radius 2 is 1.00 bits per heavy atom. The number of nitrogens with one attached hydrogen (secondary N) is 2. The average molecular weight is 388 g/mol. The van der Waals surface area contributed by atoms with E-state index in [1.165, 1.54) is 13.8 Å². The Kier molecular flexibility index (Phi) is 11.0. The molecule has 0 rings (SSSR count). The summed E-state index contributed by atoms with van der Waals surface area (Å²) in [7, 11) is -6.95. The van der Waals surface area contributed by atoms with Gasteiger partial charge in [-0.25, -0.2) is 4.79 Å². The molecule has 0 aromatic heterocycles. The van der Waals surface area contributed by atoms with Crippen LogP contribution in [-0.4, -0.2) is 44.0 Å². The Morgan fingerprint density at radius 3 is 1.21 bits per heavy atom. The summed E-state index contributed by atoms with van der Waals surface area (Å²) in [5.74, 6) is -1.74. The van der Waals surface area contributed by atoms with Crippen LogP contribution in [0.2, 0.25) is 0 Å². The van der Waals surface area contributed by atoms with Gasteiger partial charge in [-0.15, -0.1) is 0 Å². The molecule has 0 fully saturated rings. The second-order valence-electron chi connectivity index (χ2n) is 4.72. The van der Waals surface area contributed by atoms with E-state index in [9.17, 15) is 13.9 Å². The van der Waals surface area contributed by atoms with Crippen molar-refractivity contribution in [1.29, 1.82) is 0 Å². The third-order valence-corrected chi connectivity index (χ3v) is 7.49. The third-order valence-electron chi connectivity index (χ3n) is 2.86. The molecule has 0 aliphatic rings. The van der Waals surface area contributed by atoms with Gasteiger partial charge in [0.25, 0.3) is 0 Å². The molecule has 0 aromatic carbocycles. The van der Waals surface area contributed by atoms with Crippen molar-refractivity contribution >= 4 is 21.2 Å². The fraction of sp³-hybridized carbons (Fsp3) is 0.923. The van der Waals surface area contributed by atoms with Gasteiger partial charge >= 0.3 is 21.2 Å². The molecule has 24 heavy (non-hydrogen) atoms. The molecular weight excluding hydrogens is 358 g/mol. The van der Waals surface area contributed by atoms with E-state index in [4.69, 9.17) is 18.1 Å². The van der Waals surface area contributed by atoms with Crippen molar-refractivity contribution in [2.24, 2.45) is 0 Å². The van der Waals surface area contributed by atoms with Gasteiger partial charge in [0.2, 0.25) is 0 Å². The molecule has 0 aliphatic carbocycles. The van der Waals surface area contributed by atoms with Gasteiger partial charge in [0.1, 0.15) is 11.6 Å². The van der Waals surface area contributed by atoms with E-state index in [1.807, 2.05) is 0 Å². The zero-order chi connectivity index (χ0) is 18.8. The molecular formula is C13H30N2O7P2. The molecule has 0 bridgehead atoms. The lowest BCUT2D eigenvalue weighted by molar-refractivity contribution is 0.200. The number of carbonyl (C=O) groups excluding carboxylic acids is 1. The van der Waals surface area contributed by atoms with Crippen LogP contribution in [0, 0.1) is 0 Å². The highest BCUT2D eigenvalue weighted by Crippen LogP contribution is 2.53. The smallest absolute Gasteiger partial charge is 0.324 e. The average Bonchev–Trinajstić information content (AvgIpc) is 2.47. The van der Waals surface area contributed by atoms with Gasteiger partial charge in [0, 0.05) is 0 Å². The Balaban J connectivity index is 4.87. The molecule has 144 valence electrons. The van der Waals surface area contributed by atoms with Gasteiger partial charge in [-0.05, 0) is 41.5 Å². The molecule has 2 amide bonds. The van der Waals surface area contributed by atoms with E-state index >= 15 is 0 Å². The molecule has 2 unspecified atom stereocenters. The van der Waals surface area contributed by atoms with E-state index < -0.39 is 32.8 Å². The van der Waals surface area contributed by atoms with E-state index in [0.29, 0.717) is 0 Å². The standard InChI is InChI=1S/C13H30N2O7P2/c1-7-19-23(17,20-8-2)11(5)14-13(16)15-12(6)24(18,21-9-3)22-10-4/h11-12H,7-10H2,1-6H3,(H2,14,15,16). The predicted molar refractivity (Wildman–Crippen MR) is 92.3 cm³/mol. The summed E-state index contributed by atoms with van der Waals surface area (Å²) in [6.45, 7) is 10.5. The third kappa shape index (κ3) is 7.21. The van der Waals surface area contributed by atoms with Gasteiger partial charge in [0.05, 0.1) is 26.4 Å². The summed E-state index contributed by atoms with van der Waals surface area (Å²) in [5, 5.41) is 4.96. The maximum Gasteiger partial charge on any atom is 0.352 e. The molecule has 0 spiro atoms. The van der Waals surface area contributed by atoms with E-state index in [-0.39, 0.29) is 26.4 Å². The minimum absolute atomic E-state index is 0.186. The van der Waals surface area contributed by atoms with Crippen molar-refractivity contribution in [3.63, 3.8) is 0 Å². The Labute approximate surface area is 144 Å². The predicted octanol–water partition coefficient (Wildman–Crippen LogP) is 3.51. The topological polar surface area (TPSA) is 112 Å². The Morgan fingerprint density at radius 1 is 0.750 bits per heavy atom. The maximum atomic E-state index is 12.5. The first-order valence-corrected chi connectivity index (χ1v) is 11.3. The molecule has 0 saturated carbocycles. The summed E-state index contributed by atoms with van der Waals surface area (Å²) in [4.78, 5) is 12.1. The van der Waals surface area contributed by atoms with Crippen LogP contribution < -0.4 is 10.6 Å². The SMILES string of the molecule is CCOP(=O)(OCC)C(C)NC(=O)NC(C)P(=O)(OCC)OCC. The minimum atomic E-state index is -3.48. The van der Waals surface area contributed by atoms with Gasteiger partial charge in [0.15, 0.2) is 0 Å². The monoisotopic (exact) mass is 388 g/mol. The van der Waals surface area contributed by atoms with Crippen molar-refractivity contribution in [2.45, 2.75) is 53.1 Å². The molecule has 0 radical (unpaired) electrons. The van der Waals surface area contributed by atoms with Crippen LogP contribution in [0.25, 0.3) is 0 Å². The number of hydrogen-bond acceptors (Lipinski definition) is 7. The minimum Gasteiger partial charge on any atom is -0.324 e. The lowest BCUT2D eigenvalue weighted by Crippen LogP contribution is -2.45. The largest absolute Gasteiger partial charge is 0.352 e. The number of amides is 2. The van der Waals surface area contributed by atoms with Crippen LogP contribution >= 0.6 is 15.2 Å². The van der Waals surface area contributed by atoms with Crippen LogP contribution in [0.1, 0.15) is 41.5 Å². The van der Waals surface area contributed by atoms with Crippen molar-refractivity contribution in [2.75, 3.05) is 26.4 Å². The van der Waals surface area contributed by atoms with Crippen LogP contribution in [0.3, 0.4) is 0 Å². The molecule has 0 aliphatic heterocycles. The van der Waals surface area contributed by atoms with Gasteiger partial charge in [-0.2, -0.15) is 0 Å². The van der Waals surface area contributed by atoms with Crippen molar-refractivity contribution in [3.8, 4) is 0 Å². The lowest BCUT2D eigenvalue weighted by Gasteiger charge is -2.27. The summed E-state index contributed by atoms with van der Waals surface area (Å²) < 4.78 is 45.8. The van der Waals surface area contributed by atoms with Gasteiger partial charge in [-0.1, -0.05) is 0 Å². The number of hydrogen-bond donors (Lipinski definition) is 2. The molecule has 2 N–H and O–H groups in total. The first-order valence-electron chi connectivity index (χ1n) is 8.03. The van der Waals surface area contributed by atoms with Crippen LogP contribution in [-0.2, 0) is 27.2 Å². The van der Waals surface area contributed by atoms with Crippen molar-refractivity contribution in [3.05, 3.63) is 0 Å². The summed E-state index contributed by atoms with van der Waals surface area (Å²) >= 11 is 0. The lowest BCUT2D eigenvalue weighted by atomic mass is 10.7. The zero-order valence-electron chi connectivity index (χ0n) is 15.2. The molecule has 0 aromatic rings. The molecule has 2 atom stereocenters. The Bertz CT molecular complexity index is 415. The first kappa shape index (κ1) is 23.6. The zero-order valence-corrected chi connectivity index (χ0v) is 17.0. The number of carbonyl (C=O) groups is 1. The summed E-state index contributed by atoms with van der Waals surface area (Å²) in [6, 6.07) is -0.672. The maximum absolute atomic E-state index is 12.5. The van der Waals surface area contributed by atoms with Crippen LogP contribution in [0.5, 0.6) is 0 Å². The Hall–Kier alpha value is -0.430. The first-order chi connectivity index (χ1) is 11.2. The van der Waals surface area contributed by atoms with Crippen molar-refractivity contribution in [1.82, 2.24) is 10.6 Å². The van der Waals surface area contributed by atoms with Gasteiger partial charge in [-0.3, -0.25) is 9.13 Å². The van der Waals surface area contributed by atoms with E-state index in [1.54, 1.807) is 27.7 Å². The number of urea groups is 1. The molecule has 0 heterocycles. The quantitative estimate of drug-likeness (QED) is 0.492. The van der Waals surface area contributed by atoms with E-state index in [0.717, 1.165) is 0 Å². The van der Waals surface area contributed by atoms with Gasteiger partial charge < -0.3 is 28.7 Å². The number of rotatable bonds is 12. The molecule has 9 nitrogen and oxygen atoms in total. The fourth-order valence-corrected chi connectivity index (χ4v) is 4.85. The van der Waals surface area contributed by atoms with Crippen molar-refractivity contribution < 1.29 is 32.0 Å². The summed E-state index contributed by atoms with van der Waals surface area (Å²) in [6.07, 6.45) is 0.